The van der Waals surface area contributed by atoms with Crippen LogP contribution in [-0.2, 0) is 11.0 Å². The van der Waals surface area contributed by atoms with Crippen molar-refractivity contribution in [2.45, 2.75) is 25.4 Å². The molecular formula is C24H20F4N2O2. The Kier molecular flexibility index (Phi) is 6.92. The number of anilines is 2. The van der Waals surface area contributed by atoms with Crippen LogP contribution >= 0.6 is 0 Å². The first-order valence-corrected chi connectivity index (χ1v) is 9.76. The van der Waals surface area contributed by atoms with Gasteiger partial charge in [0, 0.05) is 17.7 Å². The molecule has 3 rings (SSSR count). The largest absolute Gasteiger partial charge is 0.418 e. The van der Waals surface area contributed by atoms with Crippen LogP contribution in [0.15, 0.2) is 72.8 Å². The maximum atomic E-state index is 13.6. The number of halogens is 4. The van der Waals surface area contributed by atoms with Crippen molar-refractivity contribution in [1.82, 2.24) is 0 Å². The second-order valence-corrected chi connectivity index (χ2v) is 7.28. The Labute approximate surface area is 182 Å². The van der Waals surface area contributed by atoms with Gasteiger partial charge in [0.2, 0.25) is 5.91 Å². The predicted molar refractivity (Wildman–Crippen MR) is 114 cm³/mol. The maximum Gasteiger partial charge on any atom is 0.418 e. The van der Waals surface area contributed by atoms with Gasteiger partial charge in [-0.25, -0.2) is 4.39 Å². The van der Waals surface area contributed by atoms with Gasteiger partial charge in [0.15, 0.2) is 0 Å². The molecule has 2 amide bonds. The summed E-state index contributed by atoms with van der Waals surface area (Å²) in [5, 5.41) is 4.67. The third-order valence-corrected chi connectivity index (χ3v) is 4.82. The molecular weight excluding hydrogens is 424 g/mol. The van der Waals surface area contributed by atoms with Crippen LogP contribution in [0.1, 0.15) is 40.7 Å². The molecule has 4 nitrogen and oxygen atoms in total. The van der Waals surface area contributed by atoms with Gasteiger partial charge in [-0.15, -0.1) is 0 Å². The van der Waals surface area contributed by atoms with E-state index in [0.29, 0.717) is 0 Å². The molecule has 0 aliphatic heterocycles. The minimum atomic E-state index is -4.76. The number of hydrogen-bond acceptors (Lipinski definition) is 2. The lowest BCUT2D eigenvalue weighted by molar-refractivity contribution is -0.136. The number of amides is 2. The molecule has 1 atom stereocenters. The highest BCUT2D eigenvalue weighted by Gasteiger charge is 2.34. The second-order valence-electron chi connectivity index (χ2n) is 7.28. The van der Waals surface area contributed by atoms with Crippen molar-refractivity contribution < 1.29 is 27.2 Å². The molecule has 0 radical (unpaired) electrons. The zero-order valence-electron chi connectivity index (χ0n) is 17.0. The van der Waals surface area contributed by atoms with Gasteiger partial charge >= 0.3 is 6.18 Å². The average molecular weight is 444 g/mol. The van der Waals surface area contributed by atoms with Gasteiger partial charge in [0.25, 0.3) is 5.91 Å². The zero-order chi connectivity index (χ0) is 23.3. The van der Waals surface area contributed by atoms with Gasteiger partial charge in [-0.2, -0.15) is 13.2 Å². The number of hydrogen-bond donors (Lipinski definition) is 2. The van der Waals surface area contributed by atoms with Crippen LogP contribution in [0.5, 0.6) is 0 Å². The third-order valence-electron chi connectivity index (χ3n) is 4.82. The lowest BCUT2D eigenvalue weighted by Gasteiger charge is -2.17. The molecule has 166 valence electrons. The fourth-order valence-electron chi connectivity index (χ4n) is 3.15. The topological polar surface area (TPSA) is 58.2 Å². The van der Waals surface area contributed by atoms with Crippen LogP contribution in [-0.4, -0.2) is 11.8 Å². The number of carbonyl (C=O) groups excluding carboxylic acids is 2. The molecule has 8 heteroatoms. The molecule has 3 aromatic carbocycles. The molecule has 0 heterocycles. The van der Waals surface area contributed by atoms with Crippen molar-refractivity contribution in [2.75, 3.05) is 10.6 Å². The molecule has 0 saturated heterocycles. The van der Waals surface area contributed by atoms with E-state index in [9.17, 15) is 27.2 Å². The first kappa shape index (κ1) is 23.0. The third kappa shape index (κ3) is 5.94. The van der Waals surface area contributed by atoms with Crippen molar-refractivity contribution in [2.24, 2.45) is 0 Å². The Hall–Kier alpha value is -3.68. The van der Waals surface area contributed by atoms with Crippen molar-refractivity contribution in [3.05, 3.63) is 95.3 Å². The molecule has 0 fully saturated rings. The highest BCUT2D eigenvalue weighted by molar-refractivity contribution is 6.04. The van der Waals surface area contributed by atoms with Crippen LogP contribution in [0, 0.1) is 5.82 Å². The number of benzene rings is 3. The van der Waals surface area contributed by atoms with E-state index >= 15 is 0 Å². The number of nitrogens with one attached hydrogen (secondary N) is 2. The normalized spacial score (nSPS) is 12.2. The van der Waals surface area contributed by atoms with E-state index in [2.05, 4.69) is 10.6 Å². The molecule has 0 aliphatic carbocycles. The Morgan fingerprint density at radius 3 is 2.19 bits per heavy atom. The van der Waals surface area contributed by atoms with E-state index in [4.69, 9.17) is 0 Å². The monoisotopic (exact) mass is 444 g/mol. The molecule has 2 N–H and O–H groups in total. The first-order valence-electron chi connectivity index (χ1n) is 9.76. The van der Waals surface area contributed by atoms with Gasteiger partial charge in [-0.3, -0.25) is 9.59 Å². The second kappa shape index (κ2) is 9.64. The molecule has 0 saturated carbocycles. The SMILES string of the molecule is CC(CC(=O)Nc1ccc(NC(=O)c2ccc(F)cc2)cc1C(F)(F)F)c1ccccc1. The highest BCUT2D eigenvalue weighted by Crippen LogP contribution is 2.37. The molecule has 0 bridgehead atoms. The lowest BCUT2D eigenvalue weighted by Crippen LogP contribution is -2.19. The summed E-state index contributed by atoms with van der Waals surface area (Å²) >= 11 is 0. The van der Waals surface area contributed by atoms with Crippen molar-refractivity contribution >= 4 is 23.2 Å². The van der Waals surface area contributed by atoms with Gasteiger partial charge in [-0.05, 0) is 53.9 Å². The lowest BCUT2D eigenvalue weighted by atomic mass is 9.97. The molecule has 3 aromatic rings. The van der Waals surface area contributed by atoms with Crippen LogP contribution in [0.2, 0.25) is 0 Å². The van der Waals surface area contributed by atoms with Crippen LogP contribution in [0.4, 0.5) is 28.9 Å². The number of alkyl halides is 3. The fraction of sp³-hybridized carbons (Fsp3) is 0.167. The van der Waals surface area contributed by atoms with Crippen molar-refractivity contribution in [1.29, 1.82) is 0 Å². The Morgan fingerprint density at radius 2 is 1.56 bits per heavy atom. The van der Waals surface area contributed by atoms with Crippen LogP contribution < -0.4 is 10.6 Å². The van der Waals surface area contributed by atoms with Crippen molar-refractivity contribution in [3.63, 3.8) is 0 Å². The van der Waals surface area contributed by atoms with E-state index in [-0.39, 0.29) is 23.6 Å². The fourth-order valence-corrected chi connectivity index (χ4v) is 3.15. The molecule has 0 aromatic heterocycles. The zero-order valence-corrected chi connectivity index (χ0v) is 17.0. The predicted octanol–water partition coefficient (Wildman–Crippen LogP) is 6.23. The Balaban J connectivity index is 1.75. The highest BCUT2D eigenvalue weighted by atomic mass is 19.4. The summed E-state index contributed by atoms with van der Waals surface area (Å²) in [6, 6.07) is 16.9. The Morgan fingerprint density at radius 1 is 0.906 bits per heavy atom. The number of rotatable bonds is 6. The maximum absolute atomic E-state index is 13.6. The molecule has 32 heavy (non-hydrogen) atoms. The van der Waals surface area contributed by atoms with E-state index in [1.54, 1.807) is 0 Å². The standard InChI is InChI=1S/C24H20F4N2O2/c1-15(16-5-3-2-4-6-16)13-22(31)30-21-12-11-19(14-20(21)24(26,27)28)29-23(32)17-7-9-18(25)10-8-17/h2-12,14-15H,13H2,1H3,(H,29,32)(H,30,31). The van der Waals surface area contributed by atoms with Gasteiger partial charge in [-0.1, -0.05) is 37.3 Å². The summed E-state index contributed by atoms with van der Waals surface area (Å²) in [5.41, 5.74) is -0.607. The van der Waals surface area contributed by atoms with E-state index in [1.807, 2.05) is 37.3 Å². The number of carbonyl (C=O) groups is 2. The summed E-state index contributed by atoms with van der Waals surface area (Å²) in [6.45, 7) is 1.81. The summed E-state index contributed by atoms with van der Waals surface area (Å²) in [4.78, 5) is 24.6. The Bertz CT molecular complexity index is 1100. The van der Waals surface area contributed by atoms with Crippen LogP contribution in [0.3, 0.4) is 0 Å². The average Bonchev–Trinajstić information content (AvgIpc) is 2.75. The van der Waals surface area contributed by atoms with Gasteiger partial charge in [0.05, 0.1) is 11.3 Å². The van der Waals surface area contributed by atoms with E-state index < -0.39 is 35.1 Å². The van der Waals surface area contributed by atoms with Crippen LogP contribution in [0.25, 0.3) is 0 Å². The smallest absolute Gasteiger partial charge is 0.325 e. The summed E-state index contributed by atoms with van der Waals surface area (Å²) < 4.78 is 53.8. The van der Waals surface area contributed by atoms with E-state index in [1.165, 1.54) is 18.2 Å². The minimum Gasteiger partial charge on any atom is -0.325 e. The summed E-state index contributed by atoms with van der Waals surface area (Å²) in [6.07, 6.45) is -4.76. The molecule has 1 unspecified atom stereocenters. The summed E-state index contributed by atoms with van der Waals surface area (Å²) in [5.74, 6) is -1.97. The molecule has 0 spiro atoms. The van der Waals surface area contributed by atoms with Gasteiger partial charge < -0.3 is 10.6 Å². The van der Waals surface area contributed by atoms with Gasteiger partial charge in [0.1, 0.15) is 5.82 Å². The van der Waals surface area contributed by atoms with Crippen molar-refractivity contribution in [3.8, 4) is 0 Å². The first-order chi connectivity index (χ1) is 15.1. The minimum absolute atomic E-state index is 0.00433. The quantitative estimate of drug-likeness (QED) is 0.443. The van der Waals surface area contributed by atoms with E-state index in [0.717, 1.165) is 29.8 Å². The molecule has 0 aliphatic rings. The summed E-state index contributed by atoms with van der Waals surface area (Å²) in [7, 11) is 0.